The van der Waals surface area contributed by atoms with E-state index in [1.54, 1.807) is 4.90 Å². The lowest BCUT2D eigenvalue weighted by molar-refractivity contribution is -0.153. The first-order valence-corrected chi connectivity index (χ1v) is 8.22. The molecule has 1 atom stereocenters. The molecule has 1 aliphatic rings. The van der Waals surface area contributed by atoms with Crippen LogP contribution in [0.2, 0.25) is 0 Å². The van der Waals surface area contributed by atoms with E-state index in [9.17, 15) is 14.4 Å². The first kappa shape index (κ1) is 18.7. The van der Waals surface area contributed by atoms with Crippen LogP contribution in [0.15, 0.2) is 30.3 Å². The number of amides is 2. The molecule has 0 aromatic heterocycles. The standard InChI is InChI=1S/C17H23N3O5/c18-10-14(16(22)24-12-15(21)20-8-4-5-9-20)19-17(23)25-11-13-6-2-1-3-7-13/h1-3,6-7,14H,4-5,8-12,18H2,(H,19,23)/t14-/m1/s1. The average Bonchev–Trinajstić information content (AvgIpc) is 3.18. The molecule has 1 heterocycles. The van der Waals surface area contributed by atoms with E-state index in [1.165, 1.54) is 0 Å². The summed E-state index contributed by atoms with van der Waals surface area (Å²) in [6.07, 6.45) is 1.14. The van der Waals surface area contributed by atoms with Gasteiger partial charge in [0.2, 0.25) is 0 Å². The summed E-state index contributed by atoms with van der Waals surface area (Å²) in [4.78, 5) is 37.2. The van der Waals surface area contributed by atoms with Gasteiger partial charge in [-0.3, -0.25) is 4.79 Å². The number of likely N-dealkylation sites (tertiary alicyclic amines) is 1. The van der Waals surface area contributed by atoms with Crippen LogP contribution in [0.4, 0.5) is 4.79 Å². The Morgan fingerprint density at radius 1 is 1.12 bits per heavy atom. The lowest BCUT2D eigenvalue weighted by atomic mass is 10.2. The third kappa shape index (κ3) is 6.07. The molecule has 0 aliphatic carbocycles. The van der Waals surface area contributed by atoms with Gasteiger partial charge in [0, 0.05) is 19.6 Å². The van der Waals surface area contributed by atoms with Gasteiger partial charge in [0.25, 0.3) is 5.91 Å². The molecule has 1 saturated heterocycles. The van der Waals surface area contributed by atoms with E-state index in [-0.39, 0.29) is 25.7 Å². The third-order valence-electron chi connectivity index (χ3n) is 3.82. The van der Waals surface area contributed by atoms with Gasteiger partial charge in [-0.25, -0.2) is 9.59 Å². The van der Waals surface area contributed by atoms with E-state index in [0.29, 0.717) is 13.1 Å². The molecule has 1 fully saturated rings. The summed E-state index contributed by atoms with van der Waals surface area (Å²) in [5.74, 6) is -1.00. The van der Waals surface area contributed by atoms with E-state index in [0.717, 1.165) is 18.4 Å². The number of hydrogen-bond acceptors (Lipinski definition) is 6. The summed E-state index contributed by atoms with van der Waals surface area (Å²) in [5, 5.41) is 2.34. The fourth-order valence-corrected chi connectivity index (χ4v) is 2.41. The van der Waals surface area contributed by atoms with Crippen molar-refractivity contribution in [3.05, 3.63) is 35.9 Å². The van der Waals surface area contributed by atoms with Crippen molar-refractivity contribution in [2.45, 2.75) is 25.5 Å². The Bertz CT molecular complexity index is 587. The molecule has 1 aromatic rings. The maximum Gasteiger partial charge on any atom is 0.408 e. The highest BCUT2D eigenvalue weighted by molar-refractivity contribution is 5.85. The summed E-state index contributed by atoms with van der Waals surface area (Å²) >= 11 is 0. The van der Waals surface area contributed by atoms with Crippen molar-refractivity contribution in [2.75, 3.05) is 26.2 Å². The third-order valence-corrected chi connectivity index (χ3v) is 3.82. The van der Waals surface area contributed by atoms with Gasteiger partial charge in [-0.2, -0.15) is 0 Å². The summed E-state index contributed by atoms with van der Waals surface area (Å²) in [6.45, 7) is 0.932. The first-order chi connectivity index (χ1) is 12.1. The number of rotatable bonds is 7. The van der Waals surface area contributed by atoms with Crippen LogP contribution >= 0.6 is 0 Å². The molecule has 2 amide bonds. The molecule has 0 bridgehead atoms. The lowest BCUT2D eigenvalue weighted by Gasteiger charge is -2.18. The van der Waals surface area contributed by atoms with Gasteiger partial charge < -0.3 is 25.4 Å². The maximum absolute atomic E-state index is 12.0. The predicted molar refractivity (Wildman–Crippen MR) is 89.4 cm³/mol. The Morgan fingerprint density at radius 3 is 2.44 bits per heavy atom. The number of carbonyl (C=O) groups excluding carboxylic acids is 3. The van der Waals surface area contributed by atoms with Crippen molar-refractivity contribution in [3.63, 3.8) is 0 Å². The second kappa shape index (κ2) is 9.63. The molecule has 0 spiro atoms. The summed E-state index contributed by atoms with van der Waals surface area (Å²) in [7, 11) is 0. The zero-order valence-electron chi connectivity index (χ0n) is 14.0. The summed E-state index contributed by atoms with van der Waals surface area (Å²) < 4.78 is 9.98. The molecule has 2 rings (SSSR count). The van der Waals surface area contributed by atoms with Crippen LogP contribution in [0.3, 0.4) is 0 Å². The second-order valence-corrected chi connectivity index (χ2v) is 5.69. The fraction of sp³-hybridized carbons (Fsp3) is 0.471. The van der Waals surface area contributed by atoms with Gasteiger partial charge in [-0.05, 0) is 18.4 Å². The van der Waals surface area contributed by atoms with Crippen molar-refractivity contribution in [1.29, 1.82) is 0 Å². The van der Waals surface area contributed by atoms with Gasteiger partial charge in [0.15, 0.2) is 6.61 Å². The van der Waals surface area contributed by atoms with Gasteiger partial charge in [0.05, 0.1) is 0 Å². The van der Waals surface area contributed by atoms with Crippen molar-refractivity contribution < 1.29 is 23.9 Å². The predicted octanol–water partition coefficient (Wildman–Crippen LogP) is 0.406. The van der Waals surface area contributed by atoms with Crippen LogP contribution in [-0.4, -0.2) is 55.2 Å². The van der Waals surface area contributed by atoms with E-state index in [4.69, 9.17) is 15.2 Å². The smallest absolute Gasteiger partial charge is 0.408 e. The molecular weight excluding hydrogens is 326 g/mol. The van der Waals surface area contributed by atoms with Gasteiger partial charge in [-0.1, -0.05) is 30.3 Å². The summed E-state index contributed by atoms with van der Waals surface area (Å²) in [5.41, 5.74) is 6.31. The number of alkyl carbamates (subject to hydrolysis) is 1. The second-order valence-electron chi connectivity index (χ2n) is 5.69. The monoisotopic (exact) mass is 349 g/mol. The number of esters is 1. The number of nitrogens with one attached hydrogen (secondary N) is 1. The maximum atomic E-state index is 12.0. The van der Waals surface area contributed by atoms with Crippen LogP contribution in [0, 0.1) is 0 Å². The number of benzene rings is 1. The molecule has 1 aliphatic heterocycles. The number of ether oxygens (including phenoxy) is 2. The molecule has 8 nitrogen and oxygen atoms in total. The van der Waals surface area contributed by atoms with Crippen LogP contribution in [0.25, 0.3) is 0 Å². The largest absolute Gasteiger partial charge is 0.454 e. The highest BCUT2D eigenvalue weighted by Crippen LogP contribution is 2.07. The molecule has 25 heavy (non-hydrogen) atoms. The molecule has 0 unspecified atom stereocenters. The number of hydrogen-bond donors (Lipinski definition) is 2. The Labute approximate surface area is 146 Å². The zero-order chi connectivity index (χ0) is 18.1. The van der Waals surface area contributed by atoms with E-state index in [1.807, 2.05) is 30.3 Å². The van der Waals surface area contributed by atoms with E-state index >= 15 is 0 Å². The first-order valence-electron chi connectivity index (χ1n) is 8.22. The molecule has 8 heteroatoms. The Kier molecular flexibility index (Phi) is 7.21. The Morgan fingerprint density at radius 2 is 1.80 bits per heavy atom. The Balaban J connectivity index is 1.72. The summed E-state index contributed by atoms with van der Waals surface area (Å²) in [6, 6.07) is 8.07. The fourth-order valence-electron chi connectivity index (χ4n) is 2.41. The van der Waals surface area contributed by atoms with Crippen molar-refractivity contribution in [2.24, 2.45) is 5.73 Å². The van der Waals surface area contributed by atoms with Gasteiger partial charge in [0.1, 0.15) is 12.6 Å². The van der Waals surface area contributed by atoms with Crippen molar-refractivity contribution >= 4 is 18.0 Å². The van der Waals surface area contributed by atoms with Crippen molar-refractivity contribution in [1.82, 2.24) is 10.2 Å². The highest BCUT2D eigenvalue weighted by Gasteiger charge is 2.24. The van der Waals surface area contributed by atoms with Gasteiger partial charge in [-0.15, -0.1) is 0 Å². The molecule has 1 aromatic carbocycles. The van der Waals surface area contributed by atoms with Crippen molar-refractivity contribution in [3.8, 4) is 0 Å². The van der Waals surface area contributed by atoms with Crippen LogP contribution in [-0.2, 0) is 25.7 Å². The quantitative estimate of drug-likeness (QED) is 0.690. The van der Waals surface area contributed by atoms with Crippen LogP contribution < -0.4 is 11.1 Å². The molecule has 0 radical (unpaired) electrons. The number of nitrogens with zero attached hydrogens (tertiary/aromatic N) is 1. The number of nitrogens with two attached hydrogens (primary N) is 1. The van der Waals surface area contributed by atoms with E-state index in [2.05, 4.69) is 5.32 Å². The normalized spacial score (nSPS) is 14.7. The minimum absolute atomic E-state index is 0.0759. The molecule has 0 saturated carbocycles. The molecule has 136 valence electrons. The minimum Gasteiger partial charge on any atom is -0.454 e. The van der Waals surface area contributed by atoms with Gasteiger partial charge >= 0.3 is 12.1 Å². The topological polar surface area (TPSA) is 111 Å². The lowest BCUT2D eigenvalue weighted by Crippen LogP contribution is -2.47. The van der Waals surface area contributed by atoms with Crippen LogP contribution in [0.1, 0.15) is 18.4 Å². The molecular formula is C17H23N3O5. The zero-order valence-corrected chi connectivity index (χ0v) is 14.0. The van der Waals surface area contributed by atoms with E-state index < -0.39 is 18.1 Å². The number of carbonyl (C=O) groups is 3. The average molecular weight is 349 g/mol. The molecule has 3 N–H and O–H groups in total. The van der Waals surface area contributed by atoms with Crippen LogP contribution in [0.5, 0.6) is 0 Å². The minimum atomic E-state index is -1.06. The SMILES string of the molecule is NC[C@@H](NC(=O)OCc1ccccc1)C(=O)OCC(=O)N1CCCC1. The highest BCUT2D eigenvalue weighted by atomic mass is 16.6. The Hall–Kier alpha value is -2.61.